The first kappa shape index (κ1) is 19.3. The summed E-state index contributed by atoms with van der Waals surface area (Å²) in [5.41, 5.74) is 0. The maximum absolute atomic E-state index is 14.1. The SMILES string of the molecule is CC(C)(C)[Si](Oc1cncc2ccc(F)cc12)(c1ccccc1)c1ccccc1. The Morgan fingerprint density at radius 2 is 1.38 bits per heavy atom. The van der Waals surface area contributed by atoms with Gasteiger partial charge in [0.05, 0.1) is 6.20 Å². The molecule has 0 N–H and O–H groups in total. The molecule has 0 aliphatic rings. The number of hydrogen-bond acceptors (Lipinski definition) is 2. The van der Waals surface area contributed by atoms with E-state index in [0.29, 0.717) is 5.75 Å². The molecule has 0 spiro atoms. The molecule has 0 aliphatic heterocycles. The average molecular weight is 402 g/mol. The second kappa shape index (κ2) is 7.45. The van der Waals surface area contributed by atoms with Crippen molar-refractivity contribution < 1.29 is 8.82 Å². The van der Waals surface area contributed by atoms with Crippen molar-refractivity contribution in [2.45, 2.75) is 25.8 Å². The molecule has 0 amide bonds. The third-order valence-corrected chi connectivity index (χ3v) is 10.3. The summed E-state index contributed by atoms with van der Waals surface area (Å²) in [6, 6.07) is 25.5. The summed E-state index contributed by atoms with van der Waals surface area (Å²) < 4.78 is 21.1. The van der Waals surface area contributed by atoms with E-state index in [1.54, 1.807) is 18.5 Å². The standard InChI is InChI=1S/C25H24FNOSi/c1-25(2,3)29(21-10-6-4-7-11-21,22-12-8-5-9-13-22)28-24-18-27-17-19-14-15-20(26)16-23(19)24/h4-18H,1-3H3. The minimum absolute atomic E-state index is 0.175. The first-order valence-corrected chi connectivity index (χ1v) is 11.7. The summed E-state index contributed by atoms with van der Waals surface area (Å²) in [7, 11) is -2.79. The van der Waals surface area contributed by atoms with Crippen LogP contribution >= 0.6 is 0 Å². The fraction of sp³-hybridized carbons (Fsp3) is 0.160. The highest BCUT2D eigenvalue weighted by Crippen LogP contribution is 2.39. The smallest absolute Gasteiger partial charge is 0.320 e. The summed E-state index contributed by atoms with van der Waals surface area (Å²) >= 11 is 0. The van der Waals surface area contributed by atoms with E-state index in [0.717, 1.165) is 10.8 Å². The van der Waals surface area contributed by atoms with Crippen LogP contribution in [0.2, 0.25) is 5.04 Å². The highest BCUT2D eigenvalue weighted by Gasteiger charge is 2.52. The predicted molar refractivity (Wildman–Crippen MR) is 120 cm³/mol. The maximum atomic E-state index is 14.1. The largest absolute Gasteiger partial charge is 0.533 e. The van der Waals surface area contributed by atoms with Crippen LogP contribution in [0.1, 0.15) is 20.8 Å². The van der Waals surface area contributed by atoms with Gasteiger partial charge in [0.25, 0.3) is 0 Å². The number of fused-ring (bicyclic) bond motifs is 1. The van der Waals surface area contributed by atoms with Gasteiger partial charge in [-0.25, -0.2) is 4.39 Å². The van der Waals surface area contributed by atoms with Gasteiger partial charge in [-0.1, -0.05) is 81.4 Å². The van der Waals surface area contributed by atoms with Crippen molar-refractivity contribution in [3.8, 4) is 5.75 Å². The normalized spacial score (nSPS) is 12.1. The second-order valence-electron chi connectivity index (χ2n) is 8.27. The van der Waals surface area contributed by atoms with Gasteiger partial charge in [-0.3, -0.25) is 4.98 Å². The number of nitrogens with zero attached hydrogens (tertiary/aromatic N) is 1. The van der Waals surface area contributed by atoms with Gasteiger partial charge in [0.15, 0.2) is 0 Å². The van der Waals surface area contributed by atoms with E-state index in [9.17, 15) is 4.39 Å². The number of benzene rings is 3. The van der Waals surface area contributed by atoms with Crippen molar-refractivity contribution in [2.75, 3.05) is 0 Å². The van der Waals surface area contributed by atoms with Crippen LogP contribution in [0, 0.1) is 5.82 Å². The molecule has 4 heteroatoms. The molecule has 3 aromatic carbocycles. The maximum Gasteiger partial charge on any atom is 0.320 e. The zero-order chi connectivity index (χ0) is 20.5. The average Bonchev–Trinajstić information content (AvgIpc) is 2.72. The molecule has 0 saturated heterocycles. The Morgan fingerprint density at radius 1 is 0.793 bits per heavy atom. The number of aromatic nitrogens is 1. The molecule has 0 aliphatic carbocycles. The minimum atomic E-state index is -2.79. The summed E-state index contributed by atoms with van der Waals surface area (Å²) in [6.45, 7) is 6.66. The minimum Gasteiger partial charge on any atom is -0.533 e. The molecule has 0 atom stereocenters. The van der Waals surface area contributed by atoms with Crippen LogP contribution < -0.4 is 14.8 Å². The zero-order valence-electron chi connectivity index (χ0n) is 16.9. The van der Waals surface area contributed by atoms with Gasteiger partial charge in [-0.15, -0.1) is 0 Å². The van der Waals surface area contributed by atoms with Crippen LogP contribution in [0.3, 0.4) is 0 Å². The van der Waals surface area contributed by atoms with Crippen molar-refractivity contribution in [1.29, 1.82) is 0 Å². The fourth-order valence-electron chi connectivity index (χ4n) is 4.00. The first-order valence-electron chi connectivity index (χ1n) is 9.75. The van der Waals surface area contributed by atoms with E-state index in [2.05, 4.69) is 74.3 Å². The van der Waals surface area contributed by atoms with Crippen molar-refractivity contribution in [3.63, 3.8) is 0 Å². The molecule has 0 saturated carbocycles. The van der Waals surface area contributed by atoms with Crippen LogP contribution in [-0.4, -0.2) is 13.3 Å². The highest BCUT2D eigenvalue weighted by molar-refractivity contribution is 7.00. The van der Waals surface area contributed by atoms with Gasteiger partial charge in [0, 0.05) is 17.0 Å². The Bertz CT molecular complexity index is 1080. The molecule has 0 unspecified atom stereocenters. The summed E-state index contributed by atoms with van der Waals surface area (Å²) in [5.74, 6) is 0.340. The lowest BCUT2D eigenvalue weighted by molar-refractivity contribution is 0.510. The third kappa shape index (κ3) is 3.45. The van der Waals surface area contributed by atoms with Gasteiger partial charge < -0.3 is 4.43 Å². The van der Waals surface area contributed by atoms with E-state index >= 15 is 0 Å². The number of hydrogen-bond donors (Lipinski definition) is 0. The molecule has 1 heterocycles. The highest BCUT2D eigenvalue weighted by atomic mass is 28.4. The molecule has 1 aromatic heterocycles. The first-order chi connectivity index (χ1) is 13.9. The molecule has 29 heavy (non-hydrogen) atoms. The Morgan fingerprint density at radius 3 is 1.93 bits per heavy atom. The molecular weight excluding hydrogens is 377 g/mol. The molecule has 146 valence electrons. The number of rotatable bonds is 4. The Hall–Kier alpha value is -2.98. The Balaban J connectivity index is 2.01. The van der Waals surface area contributed by atoms with E-state index in [1.807, 2.05) is 12.1 Å². The predicted octanol–water partition coefficient (Wildman–Crippen LogP) is 5.31. The van der Waals surface area contributed by atoms with Crippen molar-refractivity contribution in [2.24, 2.45) is 0 Å². The van der Waals surface area contributed by atoms with Gasteiger partial charge in [-0.05, 0) is 33.6 Å². The van der Waals surface area contributed by atoms with Crippen molar-refractivity contribution in [3.05, 3.63) is 97.1 Å². The molecule has 0 radical (unpaired) electrons. The van der Waals surface area contributed by atoms with Crippen LogP contribution in [0.5, 0.6) is 5.75 Å². The van der Waals surface area contributed by atoms with E-state index in [1.165, 1.54) is 22.5 Å². The quantitative estimate of drug-likeness (QED) is 0.432. The van der Waals surface area contributed by atoms with Gasteiger partial charge in [-0.2, -0.15) is 0 Å². The molecule has 2 nitrogen and oxygen atoms in total. The van der Waals surface area contributed by atoms with Crippen LogP contribution in [0.4, 0.5) is 4.39 Å². The topological polar surface area (TPSA) is 22.1 Å². The van der Waals surface area contributed by atoms with E-state index in [-0.39, 0.29) is 10.9 Å². The molecule has 0 bridgehead atoms. The second-order valence-corrected chi connectivity index (χ2v) is 12.5. The van der Waals surface area contributed by atoms with Crippen LogP contribution in [0.15, 0.2) is 91.3 Å². The monoisotopic (exact) mass is 401 g/mol. The number of pyridine rings is 1. The number of halogens is 1. The van der Waals surface area contributed by atoms with E-state index in [4.69, 9.17) is 4.43 Å². The lowest BCUT2D eigenvalue weighted by Crippen LogP contribution is -2.68. The molecular formula is C25H24FNOSi. The molecule has 0 fully saturated rings. The zero-order valence-corrected chi connectivity index (χ0v) is 17.9. The summed E-state index contributed by atoms with van der Waals surface area (Å²) in [5, 5.41) is 3.78. The van der Waals surface area contributed by atoms with Crippen LogP contribution in [0.25, 0.3) is 10.8 Å². The van der Waals surface area contributed by atoms with Crippen LogP contribution in [-0.2, 0) is 0 Å². The fourth-order valence-corrected chi connectivity index (χ4v) is 8.43. The molecule has 4 rings (SSSR count). The summed E-state index contributed by atoms with van der Waals surface area (Å²) in [6.07, 6.45) is 3.45. The third-order valence-electron chi connectivity index (χ3n) is 5.37. The van der Waals surface area contributed by atoms with Gasteiger partial charge in [0.2, 0.25) is 0 Å². The van der Waals surface area contributed by atoms with E-state index < -0.39 is 8.32 Å². The Kier molecular flexibility index (Phi) is 4.97. The Labute approximate surface area is 172 Å². The lowest BCUT2D eigenvalue weighted by atomic mass is 10.1. The van der Waals surface area contributed by atoms with Gasteiger partial charge >= 0.3 is 8.32 Å². The molecule has 4 aromatic rings. The van der Waals surface area contributed by atoms with Crippen molar-refractivity contribution in [1.82, 2.24) is 4.98 Å². The lowest BCUT2D eigenvalue weighted by Gasteiger charge is -2.43. The van der Waals surface area contributed by atoms with Crippen molar-refractivity contribution >= 4 is 29.5 Å². The van der Waals surface area contributed by atoms with Gasteiger partial charge in [0.1, 0.15) is 11.6 Å². The summed E-state index contributed by atoms with van der Waals surface area (Å²) in [4.78, 5) is 4.37.